The topological polar surface area (TPSA) is 81.9 Å². The van der Waals surface area contributed by atoms with Crippen LogP contribution >= 0.6 is 34.5 Å². The Labute approximate surface area is 279 Å². The molecule has 5 aromatic rings. The first kappa shape index (κ1) is 31.4. The second kappa shape index (κ2) is 13.8. The second-order valence-electron chi connectivity index (χ2n) is 10.5. The van der Waals surface area contributed by atoms with Crippen LogP contribution in [0.5, 0.6) is 11.5 Å². The van der Waals surface area contributed by atoms with Crippen LogP contribution < -0.4 is 29.7 Å². The maximum Gasteiger partial charge on any atom is 0.271 e. The van der Waals surface area contributed by atoms with Crippen LogP contribution in [0.4, 0.5) is 5.69 Å². The lowest BCUT2D eigenvalue weighted by Crippen LogP contribution is -2.40. The van der Waals surface area contributed by atoms with Crippen molar-refractivity contribution in [1.29, 1.82) is 0 Å². The Morgan fingerprint density at radius 3 is 2.33 bits per heavy atom. The summed E-state index contributed by atoms with van der Waals surface area (Å²) in [5, 5.41) is 3.94. The zero-order valence-corrected chi connectivity index (χ0v) is 27.3. The van der Waals surface area contributed by atoms with Crippen LogP contribution in [0.1, 0.15) is 36.6 Å². The average molecular weight is 671 g/mol. The highest BCUT2D eigenvalue weighted by atomic mass is 35.5. The molecule has 1 amide bonds. The number of fused-ring (bicyclic) bond motifs is 1. The monoisotopic (exact) mass is 669 g/mol. The standard InChI is InChI=1S/C36H29Cl2N3O4S/c1-3-44-27-16-12-25(13-17-27)33-32(34(42)40-26-7-5-4-6-8-26)22(2)39-36-41(33)35(43)31(46-36)20-23-9-14-28(15-10-23)45-21-24-11-18-29(37)30(38)19-24/h4-20,33H,3,21H2,1-2H3,(H,40,42)/b31-20+/t33-/m0/s1. The van der Waals surface area contributed by atoms with Gasteiger partial charge in [0.25, 0.3) is 11.5 Å². The summed E-state index contributed by atoms with van der Waals surface area (Å²) in [6.07, 6.45) is 1.82. The van der Waals surface area contributed by atoms with Crippen LogP contribution in [0.25, 0.3) is 6.08 Å². The van der Waals surface area contributed by atoms with Crippen molar-refractivity contribution in [1.82, 2.24) is 4.57 Å². The van der Waals surface area contributed by atoms with Crippen molar-refractivity contribution in [2.45, 2.75) is 26.5 Å². The van der Waals surface area contributed by atoms with Crippen molar-refractivity contribution in [2.75, 3.05) is 11.9 Å². The van der Waals surface area contributed by atoms with Crippen molar-refractivity contribution in [3.63, 3.8) is 0 Å². The summed E-state index contributed by atoms with van der Waals surface area (Å²) < 4.78 is 13.7. The van der Waals surface area contributed by atoms with Gasteiger partial charge >= 0.3 is 0 Å². The number of amides is 1. The van der Waals surface area contributed by atoms with Crippen LogP contribution in [0.3, 0.4) is 0 Å². The van der Waals surface area contributed by atoms with Gasteiger partial charge in [-0.3, -0.25) is 14.2 Å². The number of thiazole rings is 1. The molecular weight excluding hydrogens is 641 g/mol. The van der Waals surface area contributed by atoms with Gasteiger partial charge in [0.05, 0.1) is 38.5 Å². The number of hydrogen-bond acceptors (Lipinski definition) is 6. The molecule has 0 fully saturated rings. The van der Waals surface area contributed by atoms with Gasteiger partial charge in [-0.25, -0.2) is 4.99 Å². The number of nitrogens with one attached hydrogen (secondary N) is 1. The Balaban J connectivity index is 1.33. The zero-order valence-electron chi connectivity index (χ0n) is 25.0. The van der Waals surface area contributed by atoms with Crippen molar-refractivity contribution < 1.29 is 14.3 Å². The highest BCUT2D eigenvalue weighted by Gasteiger charge is 2.32. The molecule has 0 aliphatic carbocycles. The first-order valence-electron chi connectivity index (χ1n) is 14.6. The fourth-order valence-corrected chi connectivity index (χ4v) is 6.54. The number of nitrogens with zero attached hydrogens (tertiary/aromatic N) is 2. The van der Waals surface area contributed by atoms with E-state index in [4.69, 9.17) is 37.7 Å². The third-order valence-electron chi connectivity index (χ3n) is 7.37. The molecule has 232 valence electrons. The number of aromatic nitrogens is 1. The summed E-state index contributed by atoms with van der Waals surface area (Å²) in [7, 11) is 0. The molecule has 0 spiro atoms. The van der Waals surface area contributed by atoms with E-state index in [1.54, 1.807) is 23.6 Å². The number of ether oxygens (including phenoxy) is 2. The number of carbonyl (C=O) groups is 1. The van der Waals surface area contributed by atoms with Crippen molar-refractivity contribution in [2.24, 2.45) is 4.99 Å². The number of allylic oxidation sites excluding steroid dienone is 1. The molecule has 46 heavy (non-hydrogen) atoms. The molecule has 2 heterocycles. The molecular formula is C36H29Cl2N3O4S. The molecule has 0 unspecified atom stereocenters. The van der Waals surface area contributed by atoms with E-state index in [9.17, 15) is 9.59 Å². The Morgan fingerprint density at radius 1 is 0.935 bits per heavy atom. The van der Waals surface area contributed by atoms with E-state index in [0.29, 0.717) is 61.0 Å². The van der Waals surface area contributed by atoms with Gasteiger partial charge in [0.1, 0.15) is 18.1 Å². The summed E-state index contributed by atoms with van der Waals surface area (Å²) in [5.41, 5.74) is 3.85. The van der Waals surface area contributed by atoms with Crippen LogP contribution in [0.15, 0.2) is 118 Å². The smallest absolute Gasteiger partial charge is 0.271 e. The van der Waals surface area contributed by atoms with Gasteiger partial charge in [-0.15, -0.1) is 0 Å². The molecule has 6 rings (SSSR count). The predicted molar refractivity (Wildman–Crippen MR) is 184 cm³/mol. The van der Waals surface area contributed by atoms with Gasteiger partial charge in [0, 0.05) is 5.69 Å². The number of para-hydroxylation sites is 1. The molecule has 0 bridgehead atoms. The molecule has 1 aromatic heterocycles. The Morgan fingerprint density at radius 2 is 1.63 bits per heavy atom. The highest BCUT2D eigenvalue weighted by Crippen LogP contribution is 2.32. The summed E-state index contributed by atoms with van der Waals surface area (Å²) >= 11 is 13.4. The zero-order chi connectivity index (χ0) is 32.2. The van der Waals surface area contributed by atoms with E-state index in [1.165, 1.54) is 11.3 Å². The number of anilines is 1. The van der Waals surface area contributed by atoms with E-state index >= 15 is 0 Å². The van der Waals surface area contributed by atoms with E-state index in [0.717, 1.165) is 16.7 Å². The number of benzene rings is 4. The lowest BCUT2D eigenvalue weighted by atomic mass is 9.95. The maximum absolute atomic E-state index is 14.0. The summed E-state index contributed by atoms with van der Waals surface area (Å²) in [5.74, 6) is 1.06. The van der Waals surface area contributed by atoms with Gasteiger partial charge < -0.3 is 14.8 Å². The lowest BCUT2D eigenvalue weighted by Gasteiger charge is -2.25. The molecule has 7 nitrogen and oxygen atoms in total. The molecule has 10 heteroatoms. The first-order chi connectivity index (χ1) is 22.3. The van der Waals surface area contributed by atoms with Gasteiger partial charge in [0.2, 0.25) is 0 Å². The van der Waals surface area contributed by atoms with E-state index in [2.05, 4.69) is 5.32 Å². The minimum absolute atomic E-state index is 0.236. The molecule has 1 aliphatic heterocycles. The summed E-state index contributed by atoms with van der Waals surface area (Å²) in [6.45, 7) is 4.58. The lowest BCUT2D eigenvalue weighted by molar-refractivity contribution is -0.113. The fraction of sp³-hybridized carbons (Fsp3) is 0.139. The number of hydrogen-bond donors (Lipinski definition) is 1. The van der Waals surface area contributed by atoms with Crippen LogP contribution in [0, 0.1) is 0 Å². The van der Waals surface area contributed by atoms with Gasteiger partial charge in [0.15, 0.2) is 4.80 Å². The third kappa shape index (κ3) is 6.79. The quantitative estimate of drug-likeness (QED) is 0.181. The summed E-state index contributed by atoms with van der Waals surface area (Å²) in [6, 6.07) is 28.8. The molecule has 0 radical (unpaired) electrons. The maximum atomic E-state index is 14.0. The Hall–Kier alpha value is -4.63. The predicted octanol–water partition coefficient (Wildman–Crippen LogP) is 7.16. The normalized spacial score (nSPS) is 14.4. The third-order valence-corrected chi connectivity index (χ3v) is 9.09. The molecule has 4 aromatic carbocycles. The van der Waals surface area contributed by atoms with E-state index in [1.807, 2.05) is 97.9 Å². The van der Waals surface area contributed by atoms with Crippen LogP contribution in [-0.2, 0) is 11.4 Å². The van der Waals surface area contributed by atoms with Crippen LogP contribution in [-0.4, -0.2) is 17.1 Å². The number of rotatable bonds is 9. The minimum atomic E-state index is -0.685. The summed E-state index contributed by atoms with van der Waals surface area (Å²) in [4.78, 5) is 33.1. The van der Waals surface area contributed by atoms with Crippen molar-refractivity contribution >= 4 is 52.2 Å². The van der Waals surface area contributed by atoms with E-state index < -0.39 is 6.04 Å². The van der Waals surface area contributed by atoms with Crippen molar-refractivity contribution in [3.8, 4) is 11.5 Å². The van der Waals surface area contributed by atoms with Crippen molar-refractivity contribution in [3.05, 3.63) is 155 Å². The average Bonchev–Trinajstić information content (AvgIpc) is 3.36. The largest absolute Gasteiger partial charge is 0.494 e. The molecule has 1 N–H and O–H groups in total. The molecule has 1 aliphatic rings. The van der Waals surface area contributed by atoms with E-state index in [-0.39, 0.29) is 11.5 Å². The second-order valence-corrected chi connectivity index (χ2v) is 12.3. The number of halogens is 2. The van der Waals surface area contributed by atoms with Gasteiger partial charge in [-0.1, -0.05) is 83.1 Å². The first-order valence-corrected chi connectivity index (χ1v) is 16.2. The number of carbonyl (C=O) groups excluding carboxylic acids is 1. The van der Waals surface area contributed by atoms with Gasteiger partial charge in [-0.2, -0.15) is 0 Å². The fourth-order valence-electron chi connectivity index (χ4n) is 5.17. The molecule has 0 saturated carbocycles. The Kier molecular flexibility index (Phi) is 9.40. The molecule has 1 atom stereocenters. The van der Waals surface area contributed by atoms with Gasteiger partial charge in [-0.05, 0) is 85.1 Å². The SMILES string of the molecule is CCOc1ccc([C@H]2C(C(=O)Nc3ccccc3)=C(C)N=c3s/c(=C/c4ccc(OCc5ccc(Cl)c(Cl)c5)cc4)c(=O)n32)cc1. The Bertz CT molecular complexity index is 2110. The highest BCUT2D eigenvalue weighted by molar-refractivity contribution is 7.07. The van der Waals surface area contributed by atoms with Crippen LogP contribution in [0.2, 0.25) is 10.0 Å². The molecule has 0 saturated heterocycles. The minimum Gasteiger partial charge on any atom is -0.494 e.